The predicted molar refractivity (Wildman–Crippen MR) is 69.9 cm³/mol. The molecule has 2 fully saturated rings. The Morgan fingerprint density at radius 1 is 1.44 bits per heavy atom. The van der Waals surface area contributed by atoms with Crippen LogP contribution in [-0.4, -0.2) is 35.3 Å². The molecule has 4 nitrogen and oxygen atoms in total. The van der Waals surface area contributed by atoms with Gasteiger partial charge in [0.1, 0.15) is 6.04 Å². The van der Waals surface area contributed by atoms with Crippen molar-refractivity contribution >= 4 is 11.8 Å². The average Bonchev–Trinajstić information content (AvgIpc) is 2.96. The van der Waals surface area contributed by atoms with Gasteiger partial charge in [-0.15, -0.1) is 0 Å². The second kappa shape index (κ2) is 4.56. The second-order valence-electron chi connectivity index (χ2n) is 6.42. The molecule has 0 radical (unpaired) electrons. The minimum absolute atomic E-state index is 0.00889. The van der Waals surface area contributed by atoms with Crippen molar-refractivity contribution in [2.45, 2.75) is 59.0 Å². The van der Waals surface area contributed by atoms with Crippen LogP contribution < -0.4 is 5.32 Å². The number of carbonyl (C=O) groups excluding carboxylic acids is 2. The topological polar surface area (TPSA) is 49.4 Å². The summed E-state index contributed by atoms with van der Waals surface area (Å²) in [7, 11) is 0. The van der Waals surface area contributed by atoms with Crippen LogP contribution in [0.5, 0.6) is 0 Å². The summed E-state index contributed by atoms with van der Waals surface area (Å²) in [5.74, 6) is 0.323. The Bertz CT molecular complexity index is 365. The van der Waals surface area contributed by atoms with Gasteiger partial charge in [0, 0.05) is 19.0 Å². The van der Waals surface area contributed by atoms with E-state index in [4.69, 9.17) is 0 Å². The van der Waals surface area contributed by atoms with Crippen molar-refractivity contribution in [3.05, 3.63) is 0 Å². The average molecular weight is 252 g/mol. The Morgan fingerprint density at radius 2 is 2.06 bits per heavy atom. The van der Waals surface area contributed by atoms with Crippen molar-refractivity contribution in [3.63, 3.8) is 0 Å². The Hall–Kier alpha value is -1.06. The molecule has 0 spiro atoms. The normalized spacial score (nSPS) is 32.8. The molecule has 4 heteroatoms. The first-order chi connectivity index (χ1) is 8.36. The van der Waals surface area contributed by atoms with Crippen molar-refractivity contribution in [2.24, 2.45) is 11.3 Å². The summed E-state index contributed by atoms with van der Waals surface area (Å²) in [5, 5.41) is 2.89. The molecule has 0 bridgehead atoms. The van der Waals surface area contributed by atoms with E-state index in [1.165, 1.54) is 0 Å². The molecule has 1 heterocycles. The molecule has 0 aromatic heterocycles. The molecule has 3 unspecified atom stereocenters. The summed E-state index contributed by atoms with van der Waals surface area (Å²) in [5.41, 5.74) is 0.225. The molecule has 102 valence electrons. The summed E-state index contributed by atoms with van der Waals surface area (Å²) in [6.45, 7) is 9.03. The van der Waals surface area contributed by atoms with Crippen LogP contribution in [0.1, 0.15) is 47.0 Å². The smallest absolute Gasteiger partial charge is 0.245 e. The fraction of sp³-hybridized carbons (Fsp3) is 0.857. The van der Waals surface area contributed by atoms with Crippen LogP contribution in [-0.2, 0) is 9.59 Å². The van der Waals surface area contributed by atoms with Gasteiger partial charge >= 0.3 is 0 Å². The first kappa shape index (κ1) is 13.4. The number of nitrogens with one attached hydrogen (secondary N) is 1. The molecule has 18 heavy (non-hydrogen) atoms. The minimum atomic E-state index is -0.332. The SMILES string of the molecule is CCC(C)C1NC(=O)CCN(C2CC2(C)C)C1=O. The van der Waals surface area contributed by atoms with Crippen molar-refractivity contribution in [1.82, 2.24) is 10.2 Å². The van der Waals surface area contributed by atoms with Gasteiger partial charge in [0.15, 0.2) is 0 Å². The zero-order valence-electron chi connectivity index (χ0n) is 11.8. The van der Waals surface area contributed by atoms with E-state index in [1.807, 2.05) is 11.8 Å². The summed E-state index contributed by atoms with van der Waals surface area (Å²) in [6.07, 6.45) is 2.39. The maximum atomic E-state index is 12.6. The van der Waals surface area contributed by atoms with E-state index >= 15 is 0 Å². The van der Waals surface area contributed by atoms with Gasteiger partial charge in [-0.1, -0.05) is 34.1 Å². The van der Waals surface area contributed by atoms with E-state index in [-0.39, 0.29) is 29.2 Å². The van der Waals surface area contributed by atoms with Crippen molar-refractivity contribution in [2.75, 3.05) is 6.54 Å². The zero-order chi connectivity index (χ0) is 13.5. The molecule has 1 aliphatic heterocycles. The Labute approximate surface area is 109 Å². The quantitative estimate of drug-likeness (QED) is 0.828. The number of nitrogens with zero attached hydrogens (tertiary/aromatic N) is 1. The van der Waals surface area contributed by atoms with E-state index in [0.717, 1.165) is 12.8 Å². The lowest BCUT2D eigenvalue weighted by Gasteiger charge is -2.28. The van der Waals surface area contributed by atoms with Gasteiger partial charge in [0.2, 0.25) is 11.8 Å². The minimum Gasteiger partial charge on any atom is -0.344 e. The molecule has 1 aliphatic carbocycles. The van der Waals surface area contributed by atoms with Crippen LogP contribution in [0, 0.1) is 11.3 Å². The van der Waals surface area contributed by atoms with E-state index in [0.29, 0.717) is 19.0 Å². The summed E-state index contributed by atoms with van der Waals surface area (Å²) in [4.78, 5) is 26.2. The number of rotatable bonds is 3. The van der Waals surface area contributed by atoms with Crippen LogP contribution in [0.4, 0.5) is 0 Å². The predicted octanol–water partition coefficient (Wildman–Crippen LogP) is 1.55. The van der Waals surface area contributed by atoms with Gasteiger partial charge in [0.25, 0.3) is 0 Å². The van der Waals surface area contributed by atoms with Gasteiger partial charge in [0.05, 0.1) is 0 Å². The molecular formula is C14H24N2O2. The van der Waals surface area contributed by atoms with E-state index in [1.54, 1.807) is 0 Å². The molecule has 3 atom stereocenters. The molecule has 2 rings (SSSR count). The van der Waals surface area contributed by atoms with Crippen LogP contribution in [0.3, 0.4) is 0 Å². The molecule has 0 aromatic rings. The first-order valence-electron chi connectivity index (χ1n) is 6.96. The molecule has 1 N–H and O–H groups in total. The summed E-state index contributed by atoms with van der Waals surface area (Å²) < 4.78 is 0. The number of carbonyl (C=O) groups is 2. The molecular weight excluding hydrogens is 228 g/mol. The Kier molecular flexibility index (Phi) is 3.39. The van der Waals surface area contributed by atoms with Gasteiger partial charge in [-0.05, 0) is 17.8 Å². The number of hydrogen-bond donors (Lipinski definition) is 1. The van der Waals surface area contributed by atoms with Gasteiger partial charge in [-0.25, -0.2) is 0 Å². The van der Waals surface area contributed by atoms with Crippen LogP contribution in [0.15, 0.2) is 0 Å². The van der Waals surface area contributed by atoms with Crippen LogP contribution >= 0.6 is 0 Å². The molecule has 2 aliphatic rings. The first-order valence-corrected chi connectivity index (χ1v) is 6.96. The van der Waals surface area contributed by atoms with Crippen molar-refractivity contribution < 1.29 is 9.59 Å². The lowest BCUT2D eigenvalue weighted by Crippen LogP contribution is -2.49. The van der Waals surface area contributed by atoms with Gasteiger partial charge in [-0.2, -0.15) is 0 Å². The van der Waals surface area contributed by atoms with Gasteiger partial charge < -0.3 is 10.2 Å². The maximum absolute atomic E-state index is 12.6. The highest BCUT2D eigenvalue weighted by Crippen LogP contribution is 2.49. The van der Waals surface area contributed by atoms with Crippen molar-refractivity contribution in [1.29, 1.82) is 0 Å². The van der Waals surface area contributed by atoms with Crippen molar-refractivity contribution in [3.8, 4) is 0 Å². The standard InChI is InChI=1S/C14H24N2O2/c1-5-9(2)12-13(18)16(7-6-11(17)15-12)10-8-14(10,3)4/h9-10,12H,5-8H2,1-4H3,(H,15,17). The molecule has 2 amide bonds. The lowest BCUT2D eigenvalue weighted by atomic mass is 9.98. The summed E-state index contributed by atoms with van der Waals surface area (Å²) in [6, 6.07) is -0.00865. The van der Waals surface area contributed by atoms with Gasteiger partial charge in [-0.3, -0.25) is 9.59 Å². The highest BCUT2D eigenvalue weighted by atomic mass is 16.2. The maximum Gasteiger partial charge on any atom is 0.245 e. The van der Waals surface area contributed by atoms with E-state index in [9.17, 15) is 9.59 Å². The zero-order valence-corrected chi connectivity index (χ0v) is 11.8. The fourth-order valence-corrected chi connectivity index (χ4v) is 2.72. The second-order valence-corrected chi connectivity index (χ2v) is 6.42. The largest absolute Gasteiger partial charge is 0.344 e. The Morgan fingerprint density at radius 3 is 2.56 bits per heavy atom. The van der Waals surface area contributed by atoms with E-state index < -0.39 is 0 Å². The highest BCUT2D eigenvalue weighted by Gasteiger charge is 2.52. The lowest BCUT2D eigenvalue weighted by molar-refractivity contribution is -0.135. The summed E-state index contributed by atoms with van der Waals surface area (Å²) >= 11 is 0. The van der Waals surface area contributed by atoms with E-state index in [2.05, 4.69) is 26.1 Å². The third-order valence-electron chi connectivity index (χ3n) is 4.50. The third kappa shape index (κ3) is 2.38. The monoisotopic (exact) mass is 252 g/mol. The number of amides is 2. The number of hydrogen-bond acceptors (Lipinski definition) is 2. The Balaban J connectivity index is 2.16. The highest BCUT2D eigenvalue weighted by molar-refractivity contribution is 5.90. The molecule has 1 saturated carbocycles. The van der Waals surface area contributed by atoms with Crippen LogP contribution in [0.25, 0.3) is 0 Å². The molecule has 0 aromatic carbocycles. The third-order valence-corrected chi connectivity index (χ3v) is 4.50. The fourth-order valence-electron chi connectivity index (χ4n) is 2.72. The van der Waals surface area contributed by atoms with Crippen LogP contribution in [0.2, 0.25) is 0 Å². The molecule has 1 saturated heterocycles.